The predicted molar refractivity (Wildman–Crippen MR) is 82.1 cm³/mol. The van der Waals surface area contributed by atoms with Crippen molar-refractivity contribution in [2.45, 2.75) is 50.6 Å². The molecule has 2 N–H and O–H groups in total. The molecule has 3 heteroatoms. The summed E-state index contributed by atoms with van der Waals surface area (Å²) in [5, 5.41) is 0. The molecule has 1 aliphatic carbocycles. The Morgan fingerprint density at radius 1 is 1.45 bits per heavy atom. The van der Waals surface area contributed by atoms with Crippen molar-refractivity contribution in [3.05, 3.63) is 35.6 Å². The van der Waals surface area contributed by atoms with Crippen LogP contribution in [0.15, 0.2) is 24.3 Å². The average Bonchev–Trinajstić information content (AvgIpc) is 2.38. The van der Waals surface area contributed by atoms with Crippen molar-refractivity contribution in [3.63, 3.8) is 0 Å². The van der Waals surface area contributed by atoms with Gasteiger partial charge in [-0.3, -0.25) is 0 Å². The molecule has 3 atom stereocenters. The van der Waals surface area contributed by atoms with Gasteiger partial charge in [-0.2, -0.15) is 0 Å². The number of nitrogens with two attached hydrogens (primary N) is 1. The number of likely N-dealkylation sites (N-methyl/N-ethyl adjacent to an activating group) is 1. The van der Waals surface area contributed by atoms with Gasteiger partial charge in [0.15, 0.2) is 0 Å². The van der Waals surface area contributed by atoms with E-state index in [1.165, 1.54) is 18.9 Å². The Balaban J connectivity index is 2.17. The molecule has 0 amide bonds. The largest absolute Gasteiger partial charge is 0.326 e. The Morgan fingerprint density at radius 2 is 2.20 bits per heavy atom. The summed E-state index contributed by atoms with van der Waals surface area (Å²) in [6.07, 6.45) is 5.54. The van der Waals surface area contributed by atoms with Crippen molar-refractivity contribution >= 4 is 0 Å². The van der Waals surface area contributed by atoms with Crippen LogP contribution in [0.5, 0.6) is 0 Å². The van der Waals surface area contributed by atoms with Crippen LogP contribution in [-0.4, -0.2) is 30.6 Å². The quantitative estimate of drug-likeness (QED) is 0.916. The van der Waals surface area contributed by atoms with E-state index in [9.17, 15) is 4.39 Å². The van der Waals surface area contributed by atoms with E-state index < -0.39 is 0 Å². The van der Waals surface area contributed by atoms with Crippen molar-refractivity contribution in [1.29, 1.82) is 0 Å². The maximum Gasteiger partial charge on any atom is 0.123 e. The van der Waals surface area contributed by atoms with Crippen LogP contribution in [-0.2, 0) is 6.42 Å². The minimum atomic E-state index is -0.175. The third kappa shape index (κ3) is 3.21. The summed E-state index contributed by atoms with van der Waals surface area (Å²) >= 11 is 0. The zero-order valence-corrected chi connectivity index (χ0v) is 12.9. The fourth-order valence-electron chi connectivity index (χ4n) is 3.75. The second-order valence-corrected chi connectivity index (χ2v) is 6.64. The Kier molecular flexibility index (Phi) is 4.82. The molecular formula is C17H27FN2. The maximum atomic E-state index is 13.3. The lowest BCUT2D eigenvalue weighted by atomic mass is 9.70. The Bertz CT molecular complexity index is 446. The molecule has 1 aliphatic rings. The molecule has 1 fully saturated rings. The zero-order chi connectivity index (χ0) is 14.8. The first-order chi connectivity index (χ1) is 9.44. The van der Waals surface area contributed by atoms with Gasteiger partial charge < -0.3 is 10.6 Å². The molecule has 0 aliphatic heterocycles. The molecule has 0 bridgehead atoms. The van der Waals surface area contributed by atoms with E-state index in [0.29, 0.717) is 5.92 Å². The molecule has 112 valence electrons. The van der Waals surface area contributed by atoms with Crippen LogP contribution in [0.2, 0.25) is 0 Å². The minimum absolute atomic E-state index is 0.0436. The maximum absolute atomic E-state index is 13.3. The highest BCUT2D eigenvalue weighted by Gasteiger charge is 2.41. The summed E-state index contributed by atoms with van der Waals surface area (Å²) in [6, 6.07) is 6.87. The number of nitrogens with zero attached hydrogens (tertiary/aromatic N) is 1. The van der Waals surface area contributed by atoms with E-state index in [4.69, 9.17) is 5.73 Å². The number of rotatable bonds is 4. The molecule has 0 heterocycles. The number of hydrogen-bond donors (Lipinski definition) is 1. The van der Waals surface area contributed by atoms with Gasteiger partial charge in [-0.05, 0) is 57.0 Å². The minimum Gasteiger partial charge on any atom is -0.326 e. The van der Waals surface area contributed by atoms with Gasteiger partial charge in [0.25, 0.3) is 0 Å². The number of hydrogen-bond acceptors (Lipinski definition) is 2. The standard InChI is InChI=1S/C17H27FN2/c1-13-6-5-9-17(12-13,20(2)3)16(19)11-14-7-4-8-15(18)10-14/h4,7-8,10,13,16H,5-6,9,11-12,19H2,1-3H3. The van der Waals surface area contributed by atoms with Crippen molar-refractivity contribution in [1.82, 2.24) is 4.90 Å². The van der Waals surface area contributed by atoms with Crippen molar-refractivity contribution in [2.24, 2.45) is 11.7 Å². The molecule has 0 spiro atoms. The van der Waals surface area contributed by atoms with Gasteiger partial charge in [0, 0.05) is 11.6 Å². The topological polar surface area (TPSA) is 29.3 Å². The van der Waals surface area contributed by atoms with E-state index in [2.05, 4.69) is 25.9 Å². The Morgan fingerprint density at radius 3 is 2.80 bits per heavy atom. The van der Waals surface area contributed by atoms with E-state index in [-0.39, 0.29) is 17.4 Å². The lowest BCUT2D eigenvalue weighted by molar-refractivity contribution is 0.0504. The zero-order valence-electron chi connectivity index (χ0n) is 12.9. The molecule has 1 aromatic carbocycles. The first-order valence-electron chi connectivity index (χ1n) is 7.61. The molecule has 1 aromatic rings. The van der Waals surface area contributed by atoms with Gasteiger partial charge >= 0.3 is 0 Å². The highest BCUT2D eigenvalue weighted by molar-refractivity contribution is 5.19. The first kappa shape index (κ1) is 15.5. The van der Waals surface area contributed by atoms with Gasteiger partial charge in [0.2, 0.25) is 0 Å². The van der Waals surface area contributed by atoms with E-state index in [1.54, 1.807) is 12.1 Å². The second-order valence-electron chi connectivity index (χ2n) is 6.64. The highest BCUT2D eigenvalue weighted by Crippen LogP contribution is 2.38. The van der Waals surface area contributed by atoms with E-state index in [0.717, 1.165) is 24.8 Å². The van der Waals surface area contributed by atoms with Crippen molar-refractivity contribution in [2.75, 3.05) is 14.1 Å². The third-order valence-corrected chi connectivity index (χ3v) is 4.93. The number of benzene rings is 1. The summed E-state index contributed by atoms with van der Waals surface area (Å²) in [5.74, 6) is 0.537. The highest BCUT2D eigenvalue weighted by atomic mass is 19.1. The summed E-state index contributed by atoms with van der Waals surface area (Å²) in [6.45, 7) is 2.31. The summed E-state index contributed by atoms with van der Waals surface area (Å²) < 4.78 is 13.3. The third-order valence-electron chi connectivity index (χ3n) is 4.93. The molecule has 0 saturated heterocycles. The normalized spacial score (nSPS) is 28.6. The smallest absolute Gasteiger partial charge is 0.123 e. The lowest BCUT2D eigenvalue weighted by Crippen LogP contribution is -2.60. The van der Waals surface area contributed by atoms with E-state index in [1.807, 2.05) is 6.07 Å². The second kappa shape index (κ2) is 6.23. The SMILES string of the molecule is CC1CCCC(C(N)Cc2cccc(F)c2)(N(C)C)C1. The molecule has 0 aromatic heterocycles. The van der Waals surface area contributed by atoms with Crippen LogP contribution in [0.25, 0.3) is 0 Å². The van der Waals surface area contributed by atoms with Crippen molar-refractivity contribution < 1.29 is 4.39 Å². The fourth-order valence-corrected chi connectivity index (χ4v) is 3.75. The monoisotopic (exact) mass is 278 g/mol. The van der Waals surface area contributed by atoms with Gasteiger partial charge in [-0.25, -0.2) is 4.39 Å². The molecule has 1 saturated carbocycles. The van der Waals surface area contributed by atoms with Crippen LogP contribution in [0, 0.1) is 11.7 Å². The first-order valence-corrected chi connectivity index (χ1v) is 7.61. The molecule has 2 nitrogen and oxygen atoms in total. The summed E-state index contributed by atoms with van der Waals surface area (Å²) in [5.41, 5.74) is 7.61. The molecular weight excluding hydrogens is 251 g/mol. The van der Waals surface area contributed by atoms with E-state index >= 15 is 0 Å². The molecule has 2 rings (SSSR count). The van der Waals surface area contributed by atoms with Gasteiger partial charge in [-0.15, -0.1) is 0 Å². The Labute approximate surface area is 122 Å². The lowest BCUT2D eigenvalue weighted by Gasteiger charge is -2.49. The van der Waals surface area contributed by atoms with Gasteiger partial charge in [-0.1, -0.05) is 31.9 Å². The fraction of sp³-hybridized carbons (Fsp3) is 0.647. The van der Waals surface area contributed by atoms with Crippen molar-refractivity contribution in [3.8, 4) is 0 Å². The summed E-state index contributed by atoms with van der Waals surface area (Å²) in [4.78, 5) is 2.30. The van der Waals surface area contributed by atoms with Crippen LogP contribution >= 0.6 is 0 Å². The number of halogens is 1. The van der Waals surface area contributed by atoms with Crippen LogP contribution in [0.4, 0.5) is 4.39 Å². The van der Waals surface area contributed by atoms with Crippen LogP contribution < -0.4 is 5.73 Å². The van der Waals surface area contributed by atoms with Crippen LogP contribution in [0.3, 0.4) is 0 Å². The molecule has 0 radical (unpaired) electrons. The Hall–Kier alpha value is -0.930. The molecule has 20 heavy (non-hydrogen) atoms. The van der Waals surface area contributed by atoms with Gasteiger partial charge in [0.05, 0.1) is 0 Å². The van der Waals surface area contributed by atoms with Crippen LogP contribution in [0.1, 0.15) is 38.2 Å². The average molecular weight is 278 g/mol. The summed E-state index contributed by atoms with van der Waals surface area (Å²) in [7, 11) is 4.26. The predicted octanol–water partition coefficient (Wildman–Crippen LogP) is 3.21. The van der Waals surface area contributed by atoms with Gasteiger partial charge in [0.1, 0.15) is 5.82 Å². The molecule has 3 unspecified atom stereocenters.